The Labute approximate surface area is 201 Å². The molecule has 0 aliphatic carbocycles. The molecule has 182 valence electrons. The van der Waals surface area contributed by atoms with Crippen molar-refractivity contribution < 1.29 is 14.3 Å². The van der Waals surface area contributed by atoms with Crippen LogP contribution in [0, 0.1) is 0 Å². The second kappa shape index (κ2) is 11.7. The van der Waals surface area contributed by atoms with Crippen LogP contribution in [-0.2, 0) is 41.9 Å². The van der Waals surface area contributed by atoms with Gasteiger partial charge in [0.1, 0.15) is 11.6 Å². The standard InChI is InChI=1S/C27H35N3O4/c1-5-19-29-24(28-30(26(29)32)20-18-21-10-7-6-8-11-21)13-9-12-22-14-16-23(17-15-22)34-27(2,3)25(31)33-4/h6-8,10-11,14-17H,5,9,12-13,18-20H2,1-4H3. The Morgan fingerprint density at radius 3 is 2.26 bits per heavy atom. The number of carbonyl (C=O) groups is 1. The Bertz CT molecular complexity index is 1120. The van der Waals surface area contributed by atoms with Crippen molar-refractivity contribution in [1.29, 1.82) is 0 Å². The van der Waals surface area contributed by atoms with E-state index in [1.165, 1.54) is 12.7 Å². The van der Waals surface area contributed by atoms with Crippen molar-refractivity contribution in [3.8, 4) is 5.75 Å². The molecular weight excluding hydrogens is 430 g/mol. The molecule has 1 heterocycles. The molecule has 7 nitrogen and oxygen atoms in total. The van der Waals surface area contributed by atoms with Crippen molar-refractivity contribution in [2.45, 2.75) is 71.6 Å². The molecule has 7 heteroatoms. The van der Waals surface area contributed by atoms with Gasteiger partial charge in [-0.2, -0.15) is 5.10 Å². The number of nitrogens with zero attached hydrogens (tertiary/aromatic N) is 3. The third-order valence-corrected chi connectivity index (χ3v) is 5.74. The predicted octanol–water partition coefficient (Wildman–Crippen LogP) is 4.20. The zero-order valence-corrected chi connectivity index (χ0v) is 20.6. The third kappa shape index (κ3) is 6.59. The molecule has 1 aromatic heterocycles. The number of ether oxygens (including phenoxy) is 2. The van der Waals surface area contributed by atoms with Crippen LogP contribution in [0.2, 0.25) is 0 Å². The van der Waals surface area contributed by atoms with Crippen molar-refractivity contribution in [1.82, 2.24) is 14.3 Å². The van der Waals surface area contributed by atoms with Crippen LogP contribution < -0.4 is 10.4 Å². The summed E-state index contributed by atoms with van der Waals surface area (Å²) in [4.78, 5) is 24.7. The van der Waals surface area contributed by atoms with Gasteiger partial charge < -0.3 is 9.47 Å². The Morgan fingerprint density at radius 2 is 1.62 bits per heavy atom. The first-order valence-electron chi connectivity index (χ1n) is 11.9. The molecule has 0 amide bonds. The molecule has 0 N–H and O–H groups in total. The molecular formula is C27H35N3O4. The Hall–Kier alpha value is -3.35. The number of carbonyl (C=O) groups excluding carboxylic acids is 1. The number of rotatable bonds is 12. The van der Waals surface area contributed by atoms with Crippen LogP contribution in [0.5, 0.6) is 5.75 Å². The van der Waals surface area contributed by atoms with Gasteiger partial charge in [-0.1, -0.05) is 49.4 Å². The van der Waals surface area contributed by atoms with E-state index in [2.05, 4.69) is 24.2 Å². The monoisotopic (exact) mass is 465 g/mol. The summed E-state index contributed by atoms with van der Waals surface area (Å²) in [6.45, 7) is 6.70. The third-order valence-electron chi connectivity index (χ3n) is 5.74. The van der Waals surface area contributed by atoms with Gasteiger partial charge >= 0.3 is 11.7 Å². The van der Waals surface area contributed by atoms with Crippen molar-refractivity contribution in [2.75, 3.05) is 7.11 Å². The summed E-state index contributed by atoms with van der Waals surface area (Å²) >= 11 is 0. The minimum atomic E-state index is -1.04. The lowest BCUT2D eigenvalue weighted by molar-refractivity contribution is -0.156. The topological polar surface area (TPSA) is 75.3 Å². The number of aryl methyl sites for hydroxylation is 4. The molecule has 3 aromatic rings. The number of aromatic nitrogens is 3. The van der Waals surface area contributed by atoms with Crippen molar-refractivity contribution in [3.05, 3.63) is 82.0 Å². The molecule has 0 unspecified atom stereocenters. The smallest absolute Gasteiger partial charge is 0.349 e. The maximum absolute atomic E-state index is 12.9. The quantitative estimate of drug-likeness (QED) is 0.375. The van der Waals surface area contributed by atoms with E-state index in [4.69, 9.17) is 9.47 Å². The number of esters is 1. The Kier molecular flexibility index (Phi) is 8.68. The van der Waals surface area contributed by atoms with Gasteiger partial charge in [-0.05, 0) is 62.8 Å². The lowest BCUT2D eigenvalue weighted by atomic mass is 10.1. The van der Waals surface area contributed by atoms with Crippen molar-refractivity contribution in [3.63, 3.8) is 0 Å². The van der Waals surface area contributed by atoms with Crippen molar-refractivity contribution >= 4 is 5.97 Å². The molecule has 0 spiro atoms. The maximum atomic E-state index is 12.9. The summed E-state index contributed by atoms with van der Waals surface area (Å²) in [5.41, 5.74) is 1.29. The zero-order valence-electron chi connectivity index (χ0n) is 20.6. The van der Waals surface area contributed by atoms with Crippen LogP contribution in [0.3, 0.4) is 0 Å². The molecule has 0 aliphatic heterocycles. The highest BCUT2D eigenvalue weighted by Crippen LogP contribution is 2.21. The van der Waals surface area contributed by atoms with Gasteiger partial charge in [0.2, 0.25) is 0 Å². The fourth-order valence-corrected chi connectivity index (χ4v) is 3.90. The predicted molar refractivity (Wildman–Crippen MR) is 132 cm³/mol. The van der Waals surface area contributed by atoms with E-state index in [0.29, 0.717) is 18.8 Å². The summed E-state index contributed by atoms with van der Waals surface area (Å²) in [6, 6.07) is 17.9. The largest absolute Gasteiger partial charge is 0.476 e. The SMILES string of the molecule is CCCn1c(CCCc2ccc(OC(C)(C)C(=O)OC)cc2)nn(CCc2ccccc2)c1=O. The number of benzene rings is 2. The highest BCUT2D eigenvalue weighted by molar-refractivity contribution is 5.78. The molecule has 0 aliphatic rings. The number of methoxy groups -OCH3 is 1. The fourth-order valence-electron chi connectivity index (χ4n) is 3.90. The molecule has 0 atom stereocenters. The molecule has 0 fully saturated rings. The summed E-state index contributed by atoms with van der Waals surface area (Å²) in [5.74, 6) is 1.05. The van der Waals surface area contributed by atoms with Gasteiger partial charge in [-0.3, -0.25) is 4.57 Å². The number of hydrogen-bond acceptors (Lipinski definition) is 5. The van der Waals surface area contributed by atoms with Crippen LogP contribution in [0.4, 0.5) is 0 Å². The lowest BCUT2D eigenvalue weighted by Crippen LogP contribution is -2.39. The van der Waals surface area contributed by atoms with E-state index in [9.17, 15) is 9.59 Å². The first-order valence-corrected chi connectivity index (χ1v) is 11.9. The van der Waals surface area contributed by atoms with Crippen LogP contribution in [0.1, 0.15) is 50.6 Å². The summed E-state index contributed by atoms with van der Waals surface area (Å²) in [6.07, 6.45) is 4.15. The van der Waals surface area contributed by atoms with E-state index in [1.807, 2.05) is 47.0 Å². The van der Waals surface area contributed by atoms with Gasteiger partial charge in [-0.25, -0.2) is 14.3 Å². The fraction of sp³-hybridized carbons (Fsp3) is 0.444. The maximum Gasteiger partial charge on any atom is 0.349 e. The van der Waals surface area contributed by atoms with Gasteiger partial charge in [-0.15, -0.1) is 0 Å². The molecule has 34 heavy (non-hydrogen) atoms. The van der Waals surface area contributed by atoms with E-state index >= 15 is 0 Å². The minimum absolute atomic E-state index is 0.0255. The van der Waals surface area contributed by atoms with Crippen LogP contribution in [-0.4, -0.2) is 33.0 Å². The molecule has 0 saturated heterocycles. The summed E-state index contributed by atoms with van der Waals surface area (Å²) in [7, 11) is 1.35. The first kappa shape index (κ1) is 25.3. The molecule has 3 rings (SSSR count). The average molecular weight is 466 g/mol. The van der Waals surface area contributed by atoms with E-state index in [-0.39, 0.29) is 5.69 Å². The normalized spacial score (nSPS) is 11.4. The van der Waals surface area contributed by atoms with Crippen molar-refractivity contribution in [2.24, 2.45) is 0 Å². The van der Waals surface area contributed by atoms with Gasteiger partial charge in [0, 0.05) is 13.0 Å². The summed E-state index contributed by atoms with van der Waals surface area (Å²) < 4.78 is 14.0. The second-order valence-electron chi connectivity index (χ2n) is 8.91. The van der Waals surface area contributed by atoms with Gasteiger partial charge in [0.25, 0.3) is 0 Å². The highest BCUT2D eigenvalue weighted by Gasteiger charge is 2.30. The molecule has 0 bridgehead atoms. The Morgan fingerprint density at radius 1 is 0.941 bits per heavy atom. The lowest BCUT2D eigenvalue weighted by Gasteiger charge is -2.23. The van der Waals surface area contributed by atoms with Crippen LogP contribution in [0.25, 0.3) is 0 Å². The van der Waals surface area contributed by atoms with E-state index < -0.39 is 11.6 Å². The molecule has 0 saturated carbocycles. The van der Waals surface area contributed by atoms with Crippen LogP contribution >= 0.6 is 0 Å². The van der Waals surface area contributed by atoms with Gasteiger partial charge in [0.15, 0.2) is 5.60 Å². The molecule has 2 aromatic carbocycles. The average Bonchev–Trinajstić information content (AvgIpc) is 3.13. The van der Waals surface area contributed by atoms with E-state index in [0.717, 1.165) is 43.5 Å². The van der Waals surface area contributed by atoms with Gasteiger partial charge in [0.05, 0.1) is 13.7 Å². The summed E-state index contributed by atoms with van der Waals surface area (Å²) in [5, 5.41) is 4.66. The highest BCUT2D eigenvalue weighted by atomic mass is 16.6. The zero-order chi connectivity index (χ0) is 24.6. The molecule has 0 radical (unpaired) electrons. The Balaban J connectivity index is 1.59. The minimum Gasteiger partial charge on any atom is -0.476 e. The van der Waals surface area contributed by atoms with E-state index in [1.54, 1.807) is 18.5 Å². The van der Waals surface area contributed by atoms with Crippen LogP contribution in [0.15, 0.2) is 59.4 Å². The number of hydrogen-bond donors (Lipinski definition) is 0. The first-order chi connectivity index (χ1) is 16.3. The second-order valence-corrected chi connectivity index (χ2v) is 8.91.